The van der Waals surface area contributed by atoms with Crippen LogP contribution >= 0.6 is 27.3 Å². The average molecular weight is 288 g/mol. The first-order chi connectivity index (χ1) is 7.16. The SMILES string of the molecule is CC(C(=O)Cc1cc(Br)cs1)C1CNC1. The Bertz CT molecular complexity index is 359. The lowest BCUT2D eigenvalue weighted by Gasteiger charge is -2.31. The number of rotatable bonds is 4. The van der Waals surface area contributed by atoms with Gasteiger partial charge >= 0.3 is 0 Å². The summed E-state index contributed by atoms with van der Waals surface area (Å²) in [5.41, 5.74) is 0. The predicted molar refractivity (Wildman–Crippen MR) is 66.3 cm³/mol. The molecule has 1 aliphatic rings. The van der Waals surface area contributed by atoms with E-state index in [4.69, 9.17) is 0 Å². The van der Waals surface area contributed by atoms with E-state index >= 15 is 0 Å². The van der Waals surface area contributed by atoms with Gasteiger partial charge in [-0.2, -0.15) is 0 Å². The molecule has 1 saturated heterocycles. The molecule has 0 bridgehead atoms. The van der Waals surface area contributed by atoms with Gasteiger partial charge in [0.25, 0.3) is 0 Å². The lowest BCUT2D eigenvalue weighted by molar-refractivity contribution is -0.123. The van der Waals surface area contributed by atoms with E-state index in [9.17, 15) is 4.79 Å². The molecule has 0 amide bonds. The number of nitrogens with one attached hydrogen (secondary N) is 1. The first kappa shape index (κ1) is 11.3. The molecule has 1 aromatic rings. The monoisotopic (exact) mass is 287 g/mol. The van der Waals surface area contributed by atoms with E-state index in [1.807, 2.05) is 11.4 Å². The van der Waals surface area contributed by atoms with Crippen molar-refractivity contribution in [1.29, 1.82) is 0 Å². The van der Waals surface area contributed by atoms with Gasteiger partial charge in [-0.15, -0.1) is 11.3 Å². The van der Waals surface area contributed by atoms with Crippen LogP contribution in [0.4, 0.5) is 0 Å². The summed E-state index contributed by atoms with van der Waals surface area (Å²) in [5.74, 6) is 1.13. The van der Waals surface area contributed by atoms with Gasteiger partial charge in [-0.25, -0.2) is 0 Å². The topological polar surface area (TPSA) is 29.1 Å². The van der Waals surface area contributed by atoms with Crippen LogP contribution in [0.3, 0.4) is 0 Å². The van der Waals surface area contributed by atoms with Gasteiger partial charge in [-0.1, -0.05) is 6.92 Å². The first-order valence-electron chi connectivity index (χ1n) is 5.13. The fraction of sp³-hybridized carbons (Fsp3) is 0.545. The molecule has 0 spiro atoms. The molecule has 0 radical (unpaired) electrons. The lowest BCUT2D eigenvalue weighted by atomic mass is 9.85. The molecule has 2 nitrogen and oxygen atoms in total. The molecular weight excluding hydrogens is 274 g/mol. The second-order valence-corrected chi connectivity index (χ2v) is 5.99. The van der Waals surface area contributed by atoms with E-state index in [0.717, 1.165) is 22.4 Å². The van der Waals surface area contributed by atoms with Gasteiger partial charge in [0.05, 0.1) is 0 Å². The van der Waals surface area contributed by atoms with Crippen molar-refractivity contribution >= 4 is 33.0 Å². The van der Waals surface area contributed by atoms with Crippen LogP contribution in [-0.4, -0.2) is 18.9 Å². The van der Waals surface area contributed by atoms with E-state index in [1.165, 1.54) is 0 Å². The predicted octanol–water partition coefficient (Wildman–Crippen LogP) is 2.48. The van der Waals surface area contributed by atoms with Crippen LogP contribution in [-0.2, 0) is 11.2 Å². The minimum atomic E-state index is 0.201. The van der Waals surface area contributed by atoms with Crippen LogP contribution in [0, 0.1) is 11.8 Å². The van der Waals surface area contributed by atoms with Gasteiger partial charge < -0.3 is 5.32 Å². The zero-order chi connectivity index (χ0) is 10.8. The van der Waals surface area contributed by atoms with Crippen LogP contribution in [0.25, 0.3) is 0 Å². The molecule has 0 saturated carbocycles. The molecule has 0 aromatic carbocycles. The highest BCUT2D eigenvalue weighted by molar-refractivity contribution is 9.10. The Morgan fingerprint density at radius 1 is 1.73 bits per heavy atom. The highest BCUT2D eigenvalue weighted by Crippen LogP contribution is 2.23. The van der Waals surface area contributed by atoms with Gasteiger partial charge in [0.1, 0.15) is 5.78 Å². The summed E-state index contributed by atoms with van der Waals surface area (Å²) >= 11 is 5.05. The molecule has 1 atom stereocenters. The molecular formula is C11H14BrNOS. The van der Waals surface area contributed by atoms with E-state index in [2.05, 4.69) is 28.2 Å². The summed E-state index contributed by atoms with van der Waals surface area (Å²) in [6.45, 7) is 4.05. The molecule has 1 fully saturated rings. The molecule has 82 valence electrons. The summed E-state index contributed by atoms with van der Waals surface area (Å²) in [4.78, 5) is 13.1. The summed E-state index contributed by atoms with van der Waals surface area (Å²) in [6, 6.07) is 2.04. The highest BCUT2D eigenvalue weighted by Gasteiger charge is 2.28. The number of ketones is 1. The second kappa shape index (κ2) is 4.76. The molecule has 2 rings (SSSR count). The van der Waals surface area contributed by atoms with Crippen molar-refractivity contribution in [2.24, 2.45) is 11.8 Å². The molecule has 1 unspecified atom stereocenters. The van der Waals surface area contributed by atoms with Crippen LogP contribution < -0.4 is 5.32 Å². The Morgan fingerprint density at radius 3 is 2.93 bits per heavy atom. The summed E-state index contributed by atoms with van der Waals surface area (Å²) < 4.78 is 1.08. The van der Waals surface area contributed by atoms with Crippen LogP contribution in [0.5, 0.6) is 0 Å². The number of thiophene rings is 1. The Hall–Kier alpha value is -0.190. The third kappa shape index (κ3) is 2.68. The van der Waals surface area contributed by atoms with Crippen molar-refractivity contribution in [3.63, 3.8) is 0 Å². The van der Waals surface area contributed by atoms with Crippen molar-refractivity contribution in [3.05, 3.63) is 20.8 Å². The summed E-state index contributed by atoms with van der Waals surface area (Å²) in [6.07, 6.45) is 0.591. The standard InChI is InChI=1S/C11H14BrNOS/c1-7(8-4-13-5-8)11(14)3-10-2-9(12)6-15-10/h2,6-8,13H,3-5H2,1H3. The Morgan fingerprint density at radius 2 is 2.47 bits per heavy atom. The van der Waals surface area contributed by atoms with Gasteiger partial charge in [0.15, 0.2) is 0 Å². The van der Waals surface area contributed by atoms with E-state index in [0.29, 0.717) is 18.1 Å². The van der Waals surface area contributed by atoms with Gasteiger partial charge in [0.2, 0.25) is 0 Å². The number of hydrogen-bond acceptors (Lipinski definition) is 3. The largest absolute Gasteiger partial charge is 0.316 e. The Kier molecular flexibility index (Phi) is 3.59. The Labute approximate surface area is 102 Å². The minimum Gasteiger partial charge on any atom is -0.316 e. The fourth-order valence-electron chi connectivity index (χ4n) is 1.71. The van der Waals surface area contributed by atoms with Crippen molar-refractivity contribution in [2.45, 2.75) is 13.3 Å². The third-order valence-electron chi connectivity index (χ3n) is 3.00. The number of carbonyl (C=O) groups excluding carboxylic acids is 1. The molecule has 15 heavy (non-hydrogen) atoms. The second-order valence-electron chi connectivity index (χ2n) is 4.08. The molecule has 1 aromatic heterocycles. The average Bonchev–Trinajstić information content (AvgIpc) is 2.48. The molecule has 1 aliphatic heterocycles. The van der Waals surface area contributed by atoms with E-state index in [1.54, 1.807) is 11.3 Å². The fourth-order valence-corrected chi connectivity index (χ4v) is 3.17. The van der Waals surface area contributed by atoms with Crippen LogP contribution in [0.15, 0.2) is 15.9 Å². The number of hydrogen-bond donors (Lipinski definition) is 1. The van der Waals surface area contributed by atoms with E-state index in [-0.39, 0.29) is 5.92 Å². The highest BCUT2D eigenvalue weighted by atomic mass is 79.9. The molecule has 2 heterocycles. The van der Waals surface area contributed by atoms with Gasteiger partial charge in [-0.05, 0) is 41.0 Å². The smallest absolute Gasteiger partial charge is 0.141 e. The van der Waals surface area contributed by atoms with Crippen molar-refractivity contribution in [2.75, 3.05) is 13.1 Å². The van der Waals surface area contributed by atoms with Crippen molar-refractivity contribution in [1.82, 2.24) is 5.32 Å². The lowest BCUT2D eigenvalue weighted by Crippen LogP contribution is -2.47. The van der Waals surface area contributed by atoms with Crippen LogP contribution in [0.1, 0.15) is 11.8 Å². The Balaban J connectivity index is 1.91. The maximum Gasteiger partial charge on any atom is 0.141 e. The normalized spacial score (nSPS) is 18.5. The van der Waals surface area contributed by atoms with Gasteiger partial charge in [-0.3, -0.25) is 4.79 Å². The maximum atomic E-state index is 11.9. The molecule has 4 heteroatoms. The minimum absolute atomic E-state index is 0.201. The maximum absolute atomic E-state index is 11.9. The van der Waals surface area contributed by atoms with Crippen molar-refractivity contribution < 1.29 is 4.79 Å². The van der Waals surface area contributed by atoms with E-state index < -0.39 is 0 Å². The summed E-state index contributed by atoms with van der Waals surface area (Å²) in [7, 11) is 0. The zero-order valence-corrected chi connectivity index (χ0v) is 11.0. The summed E-state index contributed by atoms with van der Waals surface area (Å²) in [5, 5.41) is 5.23. The third-order valence-corrected chi connectivity index (χ3v) is 4.70. The number of Topliss-reactive ketones (excluding diaryl/α,β-unsaturated/α-hetero) is 1. The molecule has 1 N–H and O–H groups in total. The zero-order valence-electron chi connectivity index (χ0n) is 8.63. The number of halogens is 1. The quantitative estimate of drug-likeness (QED) is 0.922. The number of carbonyl (C=O) groups is 1. The van der Waals surface area contributed by atoms with Crippen LogP contribution in [0.2, 0.25) is 0 Å². The molecule has 0 aliphatic carbocycles. The van der Waals surface area contributed by atoms with Crippen molar-refractivity contribution in [3.8, 4) is 0 Å². The van der Waals surface area contributed by atoms with Gasteiger partial charge in [0, 0.05) is 27.1 Å². The first-order valence-corrected chi connectivity index (χ1v) is 6.80.